The number of aliphatic imine (C=N–C) groups is 1. The van der Waals surface area contributed by atoms with Gasteiger partial charge in [-0.25, -0.2) is 0 Å². The summed E-state index contributed by atoms with van der Waals surface area (Å²) in [6.07, 6.45) is 1.55. The van der Waals surface area contributed by atoms with E-state index in [1.165, 1.54) is 5.56 Å². The molecular formula is C14H18BrN3O2S. The first-order valence-corrected chi connectivity index (χ1v) is 8.12. The van der Waals surface area contributed by atoms with E-state index in [0.29, 0.717) is 24.8 Å². The maximum absolute atomic E-state index is 10.4. The van der Waals surface area contributed by atoms with E-state index in [-0.39, 0.29) is 0 Å². The van der Waals surface area contributed by atoms with Crippen molar-refractivity contribution in [1.82, 2.24) is 10.6 Å². The molecule has 0 saturated carbocycles. The normalized spacial score (nSPS) is 14.8. The van der Waals surface area contributed by atoms with Crippen molar-refractivity contribution in [3.05, 3.63) is 45.0 Å². The molecule has 0 radical (unpaired) electrons. The summed E-state index contributed by atoms with van der Waals surface area (Å²) in [6, 6.07) is 5.57. The van der Waals surface area contributed by atoms with Gasteiger partial charge in [-0.1, -0.05) is 0 Å². The molecule has 0 saturated heterocycles. The SMILES string of the molecule is CN=C(NCc1csc(Br)c1)NCC(C)(O)c1ccco1. The summed E-state index contributed by atoms with van der Waals surface area (Å²) in [5.41, 5.74) is 0.0830. The lowest BCUT2D eigenvalue weighted by Gasteiger charge is -2.22. The number of guanidine groups is 1. The molecule has 0 aliphatic carbocycles. The number of halogens is 1. The van der Waals surface area contributed by atoms with Crippen molar-refractivity contribution < 1.29 is 9.52 Å². The molecule has 0 aromatic carbocycles. The minimum Gasteiger partial charge on any atom is -0.466 e. The van der Waals surface area contributed by atoms with Crippen molar-refractivity contribution in [1.29, 1.82) is 0 Å². The third-order valence-electron chi connectivity index (χ3n) is 2.96. The van der Waals surface area contributed by atoms with Crippen LogP contribution in [0.5, 0.6) is 0 Å². The van der Waals surface area contributed by atoms with E-state index >= 15 is 0 Å². The van der Waals surface area contributed by atoms with Crippen molar-refractivity contribution >= 4 is 33.2 Å². The van der Waals surface area contributed by atoms with Crippen LogP contribution in [-0.2, 0) is 12.1 Å². The first-order chi connectivity index (χ1) is 10.0. The Labute approximate surface area is 136 Å². The lowest BCUT2D eigenvalue weighted by atomic mass is 10.0. The maximum atomic E-state index is 10.4. The summed E-state index contributed by atoms with van der Waals surface area (Å²) in [6.45, 7) is 2.67. The molecule has 2 heterocycles. The quantitative estimate of drug-likeness (QED) is 0.558. The fourth-order valence-electron chi connectivity index (χ4n) is 1.77. The molecule has 0 aliphatic heterocycles. The Hall–Kier alpha value is -1.31. The number of nitrogens with zero attached hydrogens (tertiary/aromatic N) is 1. The molecule has 3 N–H and O–H groups in total. The monoisotopic (exact) mass is 371 g/mol. The van der Waals surface area contributed by atoms with Gasteiger partial charge >= 0.3 is 0 Å². The van der Waals surface area contributed by atoms with Crippen LogP contribution in [0.3, 0.4) is 0 Å². The van der Waals surface area contributed by atoms with Crippen LogP contribution < -0.4 is 10.6 Å². The molecule has 1 unspecified atom stereocenters. The molecule has 7 heteroatoms. The van der Waals surface area contributed by atoms with Crippen LogP contribution in [0.1, 0.15) is 18.2 Å². The molecule has 2 aromatic rings. The van der Waals surface area contributed by atoms with Gasteiger partial charge in [0.1, 0.15) is 11.4 Å². The summed E-state index contributed by atoms with van der Waals surface area (Å²) in [4.78, 5) is 4.14. The van der Waals surface area contributed by atoms with Gasteiger partial charge in [0.2, 0.25) is 0 Å². The lowest BCUT2D eigenvalue weighted by molar-refractivity contribution is 0.0386. The van der Waals surface area contributed by atoms with Crippen LogP contribution >= 0.6 is 27.3 Å². The Morgan fingerprint density at radius 2 is 2.33 bits per heavy atom. The molecule has 0 amide bonds. The first-order valence-electron chi connectivity index (χ1n) is 6.45. The first kappa shape index (κ1) is 16.1. The minimum absolute atomic E-state index is 0.299. The number of hydrogen-bond acceptors (Lipinski definition) is 4. The van der Waals surface area contributed by atoms with E-state index < -0.39 is 5.60 Å². The van der Waals surface area contributed by atoms with Crippen LogP contribution in [-0.4, -0.2) is 24.7 Å². The number of rotatable bonds is 5. The zero-order valence-electron chi connectivity index (χ0n) is 11.9. The Bertz CT molecular complexity index is 593. The smallest absolute Gasteiger partial charge is 0.191 e. The summed E-state index contributed by atoms with van der Waals surface area (Å²) in [5, 5.41) is 18.7. The molecular weight excluding hydrogens is 354 g/mol. The van der Waals surface area contributed by atoms with Gasteiger partial charge < -0.3 is 20.2 Å². The highest BCUT2D eigenvalue weighted by Gasteiger charge is 2.26. The number of thiophene rings is 1. The van der Waals surface area contributed by atoms with Gasteiger partial charge in [0.25, 0.3) is 0 Å². The van der Waals surface area contributed by atoms with Crippen molar-refractivity contribution in [3.63, 3.8) is 0 Å². The van der Waals surface area contributed by atoms with Crippen molar-refractivity contribution in [2.24, 2.45) is 4.99 Å². The van der Waals surface area contributed by atoms with Gasteiger partial charge in [-0.15, -0.1) is 11.3 Å². The highest BCUT2D eigenvalue weighted by Crippen LogP contribution is 2.21. The Morgan fingerprint density at radius 3 is 2.90 bits per heavy atom. The zero-order chi connectivity index (χ0) is 15.3. The Morgan fingerprint density at radius 1 is 1.52 bits per heavy atom. The number of furan rings is 1. The van der Waals surface area contributed by atoms with Gasteiger partial charge in [-0.05, 0) is 52.0 Å². The molecule has 0 aliphatic rings. The molecule has 5 nitrogen and oxygen atoms in total. The standard InChI is InChI=1S/C14H18BrN3O2S/c1-14(19,11-4-3-5-20-11)9-18-13(16-2)17-7-10-6-12(15)21-8-10/h3-6,8,19H,7,9H2,1-2H3,(H2,16,17,18). The van der Waals surface area contributed by atoms with Crippen LogP contribution in [0.4, 0.5) is 0 Å². The highest BCUT2D eigenvalue weighted by molar-refractivity contribution is 9.11. The summed E-state index contributed by atoms with van der Waals surface area (Å²) in [5.74, 6) is 1.15. The summed E-state index contributed by atoms with van der Waals surface area (Å²) >= 11 is 5.08. The minimum atomic E-state index is -1.09. The molecule has 0 bridgehead atoms. The lowest BCUT2D eigenvalue weighted by Crippen LogP contribution is -2.44. The van der Waals surface area contributed by atoms with E-state index in [2.05, 4.69) is 43.0 Å². The zero-order valence-corrected chi connectivity index (χ0v) is 14.3. The largest absolute Gasteiger partial charge is 0.466 e. The number of aliphatic hydroxyl groups is 1. The van der Waals surface area contributed by atoms with E-state index in [1.54, 1.807) is 43.7 Å². The topological polar surface area (TPSA) is 69.8 Å². The Balaban J connectivity index is 1.85. The average Bonchev–Trinajstić information content (AvgIpc) is 3.10. The van der Waals surface area contributed by atoms with Gasteiger partial charge in [0, 0.05) is 13.6 Å². The third-order valence-corrected chi connectivity index (χ3v) is 4.51. The second-order valence-electron chi connectivity index (χ2n) is 4.79. The van der Waals surface area contributed by atoms with E-state index in [0.717, 1.165) is 3.79 Å². The van der Waals surface area contributed by atoms with Crippen molar-refractivity contribution in [2.75, 3.05) is 13.6 Å². The van der Waals surface area contributed by atoms with Gasteiger partial charge in [-0.3, -0.25) is 4.99 Å². The molecule has 114 valence electrons. The van der Waals surface area contributed by atoms with Gasteiger partial charge in [0.15, 0.2) is 5.96 Å². The van der Waals surface area contributed by atoms with E-state index in [1.807, 2.05) is 0 Å². The summed E-state index contributed by atoms with van der Waals surface area (Å²) < 4.78 is 6.34. The van der Waals surface area contributed by atoms with Crippen LogP contribution in [0.25, 0.3) is 0 Å². The second-order valence-corrected chi connectivity index (χ2v) is 7.08. The molecule has 1 atom stereocenters. The van der Waals surface area contributed by atoms with Crippen molar-refractivity contribution in [3.8, 4) is 0 Å². The van der Waals surface area contributed by atoms with Crippen molar-refractivity contribution in [2.45, 2.75) is 19.1 Å². The van der Waals surface area contributed by atoms with E-state index in [4.69, 9.17) is 4.42 Å². The molecule has 21 heavy (non-hydrogen) atoms. The number of nitrogens with one attached hydrogen (secondary N) is 2. The Kier molecular flexibility index (Phi) is 5.44. The van der Waals surface area contributed by atoms with Gasteiger partial charge in [-0.2, -0.15) is 0 Å². The fourth-order valence-corrected chi connectivity index (χ4v) is 2.98. The number of hydrogen-bond donors (Lipinski definition) is 3. The van der Waals surface area contributed by atoms with Gasteiger partial charge in [0.05, 0.1) is 16.6 Å². The third kappa shape index (κ3) is 4.59. The fraction of sp³-hybridized carbons (Fsp3) is 0.357. The van der Waals surface area contributed by atoms with E-state index in [9.17, 15) is 5.11 Å². The molecule has 0 fully saturated rings. The highest BCUT2D eigenvalue weighted by atomic mass is 79.9. The summed E-state index contributed by atoms with van der Waals surface area (Å²) in [7, 11) is 1.69. The van der Waals surface area contributed by atoms with Crippen LogP contribution in [0, 0.1) is 0 Å². The molecule has 2 aromatic heterocycles. The van der Waals surface area contributed by atoms with Crippen LogP contribution in [0.15, 0.2) is 43.0 Å². The molecule has 0 spiro atoms. The average molecular weight is 372 g/mol. The predicted molar refractivity (Wildman–Crippen MR) is 88.5 cm³/mol. The molecule has 2 rings (SSSR count). The van der Waals surface area contributed by atoms with Crippen LogP contribution in [0.2, 0.25) is 0 Å². The maximum Gasteiger partial charge on any atom is 0.191 e. The second kappa shape index (κ2) is 7.11. The predicted octanol–water partition coefficient (Wildman–Crippen LogP) is 2.68.